The van der Waals surface area contributed by atoms with E-state index in [1.54, 1.807) is 18.2 Å². The van der Waals surface area contributed by atoms with Crippen LogP contribution in [0.1, 0.15) is 16.7 Å². The first-order valence-corrected chi connectivity index (χ1v) is 9.64. The Hall–Kier alpha value is -3.36. The minimum atomic E-state index is -1.46. The first kappa shape index (κ1) is 22.3. The zero-order valence-corrected chi connectivity index (χ0v) is 17.8. The predicted molar refractivity (Wildman–Crippen MR) is 112 cm³/mol. The summed E-state index contributed by atoms with van der Waals surface area (Å²) in [5.74, 6) is -3.24. The summed E-state index contributed by atoms with van der Waals surface area (Å²) in [6, 6.07) is 6.83. The SMILES string of the molecule is Cc1ccc(N2C(=O)NC(=O)/C(=C\c3cc(Cl)c(OCC(=O)[O-])c(Cl)c3)C2=O)cc1C. The van der Waals surface area contributed by atoms with Crippen molar-refractivity contribution in [3.63, 3.8) is 0 Å². The first-order chi connectivity index (χ1) is 14.6. The van der Waals surface area contributed by atoms with Crippen molar-refractivity contribution in [3.8, 4) is 5.75 Å². The molecule has 1 saturated heterocycles. The molecule has 2 aromatic rings. The number of amides is 4. The summed E-state index contributed by atoms with van der Waals surface area (Å²) in [5.41, 5.74) is 2.11. The predicted octanol–water partition coefficient (Wildman–Crippen LogP) is 2.41. The number of ether oxygens (including phenoxy) is 1. The van der Waals surface area contributed by atoms with Gasteiger partial charge in [-0.25, -0.2) is 9.69 Å². The van der Waals surface area contributed by atoms with Crippen molar-refractivity contribution in [2.75, 3.05) is 11.5 Å². The van der Waals surface area contributed by atoms with Crippen LogP contribution in [0.4, 0.5) is 10.5 Å². The summed E-state index contributed by atoms with van der Waals surface area (Å²) in [6.45, 7) is 2.97. The Labute approximate surface area is 187 Å². The average Bonchev–Trinajstić information content (AvgIpc) is 2.67. The molecule has 1 heterocycles. The Morgan fingerprint density at radius 1 is 1.10 bits per heavy atom. The number of nitrogens with one attached hydrogen (secondary N) is 1. The van der Waals surface area contributed by atoms with Crippen molar-refractivity contribution < 1.29 is 29.0 Å². The van der Waals surface area contributed by atoms with Crippen LogP contribution in [-0.2, 0) is 14.4 Å². The van der Waals surface area contributed by atoms with E-state index in [1.165, 1.54) is 18.2 Å². The molecular weight excluding hydrogens is 447 g/mol. The lowest BCUT2D eigenvalue weighted by Crippen LogP contribution is -2.54. The largest absolute Gasteiger partial charge is 0.546 e. The van der Waals surface area contributed by atoms with Crippen LogP contribution in [0.25, 0.3) is 6.08 Å². The fourth-order valence-corrected chi connectivity index (χ4v) is 3.47. The highest BCUT2D eigenvalue weighted by Gasteiger charge is 2.37. The van der Waals surface area contributed by atoms with Crippen molar-refractivity contribution in [1.29, 1.82) is 0 Å². The fraction of sp³-hybridized carbons (Fsp3) is 0.143. The van der Waals surface area contributed by atoms with E-state index in [2.05, 4.69) is 5.32 Å². The Balaban J connectivity index is 1.98. The van der Waals surface area contributed by atoms with Crippen LogP contribution in [-0.4, -0.2) is 30.4 Å². The number of carboxylic acids is 1. The lowest BCUT2D eigenvalue weighted by molar-refractivity contribution is -0.307. The lowest BCUT2D eigenvalue weighted by Gasteiger charge is -2.27. The molecule has 0 bridgehead atoms. The van der Waals surface area contributed by atoms with Gasteiger partial charge in [0, 0.05) is 0 Å². The molecule has 1 aliphatic heterocycles. The number of nitrogens with zero attached hydrogens (tertiary/aromatic N) is 1. The van der Waals surface area contributed by atoms with E-state index in [1.807, 2.05) is 13.8 Å². The Morgan fingerprint density at radius 2 is 1.74 bits per heavy atom. The molecule has 31 heavy (non-hydrogen) atoms. The smallest absolute Gasteiger partial charge is 0.335 e. The van der Waals surface area contributed by atoms with Gasteiger partial charge >= 0.3 is 6.03 Å². The van der Waals surface area contributed by atoms with Gasteiger partial charge < -0.3 is 14.6 Å². The summed E-state index contributed by atoms with van der Waals surface area (Å²) >= 11 is 12.2. The van der Waals surface area contributed by atoms with Gasteiger partial charge in [0.25, 0.3) is 11.8 Å². The number of halogens is 2. The summed E-state index contributed by atoms with van der Waals surface area (Å²) < 4.78 is 4.98. The number of aliphatic carboxylic acids is 1. The number of aryl methyl sites for hydroxylation is 2. The number of hydrogen-bond donors (Lipinski definition) is 1. The zero-order valence-electron chi connectivity index (χ0n) is 16.3. The molecule has 10 heteroatoms. The molecule has 0 radical (unpaired) electrons. The van der Waals surface area contributed by atoms with Gasteiger partial charge in [0.1, 0.15) is 12.2 Å². The van der Waals surface area contributed by atoms with Gasteiger partial charge in [-0.1, -0.05) is 29.3 Å². The normalized spacial score (nSPS) is 15.3. The van der Waals surface area contributed by atoms with Crippen molar-refractivity contribution in [1.82, 2.24) is 5.32 Å². The van der Waals surface area contributed by atoms with Crippen molar-refractivity contribution in [3.05, 3.63) is 62.6 Å². The Bertz CT molecular complexity index is 1140. The number of carboxylic acid groups (broad SMARTS) is 1. The Morgan fingerprint density at radius 3 is 2.32 bits per heavy atom. The molecular formula is C21H15Cl2N2O6-. The number of carbonyl (C=O) groups is 4. The zero-order chi connectivity index (χ0) is 22.9. The molecule has 0 aliphatic carbocycles. The molecule has 1 N–H and O–H groups in total. The minimum absolute atomic E-state index is 0.0358. The number of benzene rings is 2. The van der Waals surface area contributed by atoms with Gasteiger partial charge in [0.15, 0.2) is 5.75 Å². The summed E-state index contributed by atoms with van der Waals surface area (Å²) in [7, 11) is 0. The number of barbiturate groups is 1. The monoisotopic (exact) mass is 461 g/mol. The Kier molecular flexibility index (Phi) is 6.33. The molecule has 0 unspecified atom stereocenters. The van der Waals surface area contributed by atoms with E-state index < -0.39 is 30.4 Å². The maximum absolute atomic E-state index is 13.0. The van der Waals surface area contributed by atoms with Gasteiger partial charge in [0.2, 0.25) is 0 Å². The highest BCUT2D eigenvalue weighted by atomic mass is 35.5. The second-order valence-corrected chi connectivity index (χ2v) is 7.52. The molecule has 160 valence electrons. The summed E-state index contributed by atoms with van der Waals surface area (Å²) in [4.78, 5) is 49.0. The standard InChI is InChI=1S/C21H16Cl2N2O6/c1-10-3-4-13(5-11(10)2)25-20(29)14(19(28)24-21(25)30)6-12-7-15(22)18(16(23)8-12)31-9-17(26)27/h3-8H,9H2,1-2H3,(H,26,27)(H,24,28,30)/p-1/b14-6+. The second-order valence-electron chi connectivity index (χ2n) is 6.70. The van der Waals surface area contributed by atoms with Crippen LogP contribution >= 0.6 is 23.2 Å². The van der Waals surface area contributed by atoms with Gasteiger partial charge in [-0.3, -0.25) is 14.9 Å². The van der Waals surface area contributed by atoms with E-state index in [0.29, 0.717) is 5.69 Å². The third-order valence-electron chi connectivity index (χ3n) is 4.52. The number of rotatable bonds is 5. The highest BCUT2D eigenvalue weighted by Crippen LogP contribution is 2.35. The van der Waals surface area contributed by atoms with E-state index in [9.17, 15) is 24.3 Å². The van der Waals surface area contributed by atoms with Crippen LogP contribution in [0.3, 0.4) is 0 Å². The third-order valence-corrected chi connectivity index (χ3v) is 5.08. The molecule has 1 fully saturated rings. The molecule has 0 aromatic heterocycles. The third kappa shape index (κ3) is 4.70. The first-order valence-electron chi connectivity index (χ1n) is 8.89. The summed E-state index contributed by atoms with van der Waals surface area (Å²) in [6.07, 6.45) is 1.22. The highest BCUT2D eigenvalue weighted by molar-refractivity contribution is 6.40. The maximum atomic E-state index is 13.0. The quantitative estimate of drug-likeness (QED) is 0.539. The molecule has 0 saturated carbocycles. The van der Waals surface area contributed by atoms with Gasteiger partial charge in [-0.15, -0.1) is 0 Å². The lowest BCUT2D eigenvalue weighted by atomic mass is 10.0. The number of anilines is 1. The molecule has 2 aromatic carbocycles. The van der Waals surface area contributed by atoms with Crippen molar-refractivity contribution in [2.24, 2.45) is 0 Å². The average molecular weight is 462 g/mol. The van der Waals surface area contributed by atoms with Gasteiger partial charge in [-0.05, 0) is 60.9 Å². The van der Waals surface area contributed by atoms with E-state index in [4.69, 9.17) is 27.9 Å². The molecule has 3 rings (SSSR count). The minimum Gasteiger partial charge on any atom is -0.546 e. The van der Waals surface area contributed by atoms with Crippen LogP contribution in [0.5, 0.6) is 5.75 Å². The topological polar surface area (TPSA) is 116 Å². The second kappa shape index (κ2) is 8.79. The van der Waals surface area contributed by atoms with Crippen LogP contribution < -0.4 is 20.1 Å². The number of carbonyl (C=O) groups excluding carboxylic acids is 4. The number of hydrogen-bond acceptors (Lipinski definition) is 6. The number of urea groups is 1. The maximum Gasteiger partial charge on any atom is 0.335 e. The summed E-state index contributed by atoms with van der Waals surface area (Å²) in [5, 5.41) is 12.6. The van der Waals surface area contributed by atoms with E-state index in [0.717, 1.165) is 16.0 Å². The van der Waals surface area contributed by atoms with Gasteiger partial charge in [0.05, 0.1) is 21.7 Å². The van der Waals surface area contributed by atoms with E-state index >= 15 is 0 Å². The van der Waals surface area contributed by atoms with Crippen LogP contribution in [0, 0.1) is 13.8 Å². The fourth-order valence-electron chi connectivity index (χ4n) is 2.86. The molecule has 8 nitrogen and oxygen atoms in total. The molecule has 0 spiro atoms. The van der Waals surface area contributed by atoms with Crippen LogP contribution in [0.2, 0.25) is 10.0 Å². The van der Waals surface area contributed by atoms with E-state index in [-0.39, 0.29) is 26.9 Å². The van der Waals surface area contributed by atoms with Crippen molar-refractivity contribution in [2.45, 2.75) is 13.8 Å². The van der Waals surface area contributed by atoms with Crippen LogP contribution in [0.15, 0.2) is 35.9 Å². The molecule has 1 aliphatic rings. The van der Waals surface area contributed by atoms with Crippen molar-refractivity contribution >= 4 is 58.8 Å². The number of imide groups is 2. The van der Waals surface area contributed by atoms with Gasteiger partial charge in [-0.2, -0.15) is 0 Å². The molecule has 0 atom stereocenters. The molecule has 4 amide bonds.